The molecule has 0 bridgehead atoms. The van der Waals surface area contributed by atoms with Crippen LogP contribution < -0.4 is 14.8 Å². The average molecular weight is 354 g/mol. The van der Waals surface area contributed by atoms with Crippen LogP contribution in [0.15, 0.2) is 42.5 Å². The van der Waals surface area contributed by atoms with Crippen molar-refractivity contribution in [3.8, 4) is 11.5 Å². The van der Waals surface area contributed by atoms with Gasteiger partial charge < -0.3 is 14.8 Å². The first-order chi connectivity index (χ1) is 12.2. The van der Waals surface area contributed by atoms with Gasteiger partial charge >= 0.3 is 0 Å². The lowest BCUT2D eigenvalue weighted by molar-refractivity contribution is 0.174. The largest absolute Gasteiger partial charge is 0.454 e. The first kappa shape index (κ1) is 15.7. The van der Waals surface area contributed by atoms with Gasteiger partial charge in [-0.25, -0.2) is 9.97 Å². The molecule has 1 N–H and O–H groups in total. The zero-order valence-corrected chi connectivity index (χ0v) is 14.4. The van der Waals surface area contributed by atoms with Gasteiger partial charge in [0.15, 0.2) is 17.3 Å². The monoisotopic (exact) mass is 353 g/mol. The number of fused-ring (bicyclic) bond motifs is 2. The van der Waals surface area contributed by atoms with Crippen molar-refractivity contribution >= 4 is 34.4 Å². The first-order valence-electron chi connectivity index (χ1n) is 7.95. The van der Waals surface area contributed by atoms with Crippen LogP contribution in [0.4, 0.5) is 5.82 Å². The average Bonchev–Trinajstić information content (AvgIpc) is 3.08. The van der Waals surface area contributed by atoms with Gasteiger partial charge in [-0.1, -0.05) is 23.7 Å². The predicted molar refractivity (Wildman–Crippen MR) is 99.1 cm³/mol. The fourth-order valence-corrected chi connectivity index (χ4v) is 2.89. The molecule has 6 heteroatoms. The van der Waals surface area contributed by atoms with Crippen LogP contribution in [0.1, 0.15) is 18.3 Å². The molecular formula is C19H16ClN3O2. The molecule has 0 unspecified atom stereocenters. The van der Waals surface area contributed by atoms with Crippen molar-refractivity contribution in [1.82, 2.24) is 9.97 Å². The molecule has 5 nitrogen and oxygen atoms in total. The Hall–Kier alpha value is -2.79. The van der Waals surface area contributed by atoms with Crippen LogP contribution in [0.3, 0.4) is 0 Å². The standard InChI is InChI=1S/C19H16ClN3O2/c1-2-3-18-22-15-6-5-13(20)9-14(15)19(23-18)21-10-12-4-7-16-17(8-12)25-11-24-16/h2-9H,10-11H2,1H3,(H,21,22,23)/b3-2+. The van der Waals surface area contributed by atoms with Gasteiger partial charge in [0.25, 0.3) is 0 Å². The van der Waals surface area contributed by atoms with Crippen LogP contribution in [0.5, 0.6) is 11.5 Å². The summed E-state index contributed by atoms with van der Waals surface area (Å²) >= 11 is 6.14. The van der Waals surface area contributed by atoms with Crippen molar-refractivity contribution in [1.29, 1.82) is 0 Å². The fraction of sp³-hybridized carbons (Fsp3) is 0.158. The summed E-state index contributed by atoms with van der Waals surface area (Å²) in [6.45, 7) is 2.81. The minimum absolute atomic E-state index is 0.272. The Kier molecular flexibility index (Phi) is 4.15. The van der Waals surface area contributed by atoms with Crippen molar-refractivity contribution in [3.63, 3.8) is 0 Å². The number of rotatable bonds is 4. The van der Waals surface area contributed by atoms with Gasteiger partial charge in [-0.05, 0) is 48.9 Å². The molecule has 0 saturated heterocycles. The Bertz CT molecular complexity index is 972. The topological polar surface area (TPSA) is 56.3 Å². The summed E-state index contributed by atoms with van der Waals surface area (Å²) in [6.07, 6.45) is 3.79. The second-order valence-electron chi connectivity index (χ2n) is 5.63. The third-order valence-corrected chi connectivity index (χ3v) is 4.12. The van der Waals surface area contributed by atoms with E-state index in [0.717, 1.165) is 33.8 Å². The minimum Gasteiger partial charge on any atom is -0.454 e. The summed E-state index contributed by atoms with van der Waals surface area (Å²) in [7, 11) is 0. The second kappa shape index (κ2) is 6.61. The molecule has 126 valence electrons. The van der Waals surface area contributed by atoms with Crippen LogP contribution in [-0.4, -0.2) is 16.8 Å². The SMILES string of the molecule is C/C=C/c1nc(NCc2ccc3c(c2)OCO3)c2cc(Cl)ccc2n1. The predicted octanol–water partition coefficient (Wildman–Crippen LogP) is 4.66. The number of hydrogen-bond donors (Lipinski definition) is 1. The van der Waals surface area contributed by atoms with Gasteiger partial charge in [0, 0.05) is 17.0 Å². The van der Waals surface area contributed by atoms with Gasteiger partial charge in [0.2, 0.25) is 6.79 Å². The van der Waals surface area contributed by atoms with Crippen LogP contribution in [0.2, 0.25) is 5.02 Å². The summed E-state index contributed by atoms with van der Waals surface area (Å²) in [5, 5.41) is 4.93. The highest BCUT2D eigenvalue weighted by atomic mass is 35.5. The highest BCUT2D eigenvalue weighted by Crippen LogP contribution is 2.33. The Labute approximate surface area is 150 Å². The fourth-order valence-electron chi connectivity index (χ4n) is 2.71. The normalized spacial score (nSPS) is 12.9. The van der Waals surface area contributed by atoms with E-state index in [9.17, 15) is 0 Å². The molecule has 0 spiro atoms. The van der Waals surface area contributed by atoms with E-state index in [1.54, 1.807) is 0 Å². The number of ether oxygens (including phenoxy) is 2. The zero-order valence-electron chi connectivity index (χ0n) is 13.6. The summed E-state index contributed by atoms with van der Waals surface area (Å²) in [5.74, 6) is 2.95. The minimum atomic E-state index is 0.272. The molecule has 2 aromatic carbocycles. The molecule has 1 aromatic heterocycles. The first-order valence-corrected chi connectivity index (χ1v) is 8.33. The number of allylic oxidation sites excluding steroid dienone is 1. The van der Waals surface area contributed by atoms with Crippen molar-refractivity contribution in [2.24, 2.45) is 0 Å². The van der Waals surface area contributed by atoms with Crippen molar-refractivity contribution in [3.05, 3.63) is 58.9 Å². The third-order valence-electron chi connectivity index (χ3n) is 3.89. The molecule has 0 atom stereocenters. The van der Waals surface area contributed by atoms with Crippen LogP contribution in [-0.2, 0) is 6.54 Å². The van der Waals surface area contributed by atoms with Gasteiger partial charge in [-0.2, -0.15) is 0 Å². The quantitative estimate of drug-likeness (QED) is 0.739. The molecule has 0 saturated carbocycles. The molecule has 0 amide bonds. The Morgan fingerprint density at radius 2 is 2.00 bits per heavy atom. The van der Waals surface area contributed by atoms with Gasteiger partial charge in [0.05, 0.1) is 5.52 Å². The van der Waals surface area contributed by atoms with Crippen LogP contribution in [0.25, 0.3) is 17.0 Å². The number of anilines is 1. The van der Waals surface area contributed by atoms with Crippen molar-refractivity contribution in [2.45, 2.75) is 13.5 Å². The maximum atomic E-state index is 6.14. The lowest BCUT2D eigenvalue weighted by Gasteiger charge is -2.10. The molecule has 2 heterocycles. The summed E-state index contributed by atoms with van der Waals surface area (Å²) < 4.78 is 10.8. The van der Waals surface area contributed by atoms with E-state index in [-0.39, 0.29) is 6.79 Å². The molecule has 1 aliphatic rings. The lowest BCUT2D eigenvalue weighted by atomic mass is 10.2. The van der Waals surface area contributed by atoms with Crippen LogP contribution in [0, 0.1) is 0 Å². The zero-order chi connectivity index (χ0) is 17.2. The smallest absolute Gasteiger partial charge is 0.231 e. The summed E-state index contributed by atoms with van der Waals surface area (Å²) in [6, 6.07) is 11.5. The van der Waals surface area contributed by atoms with Crippen molar-refractivity contribution < 1.29 is 9.47 Å². The maximum absolute atomic E-state index is 6.14. The molecular weight excluding hydrogens is 338 g/mol. The van der Waals surface area contributed by atoms with E-state index < -0.39 is 0 Å². The number of benzene rings is 2. The lowest BCUT2D eigenvalue weighted by Crippen LogP contribution is -2.04. The van der Waals surface area contributed by atoms with E-state index >= 15 is 0 Å². The van der Waals surface area contributed by atoms with E-state index in [2.05, 4.69) is 15.3 Å². The van der Waals surface area contributed by atoms with Gasteiger partial charge in [-0.15, -0.1) is 0 Å². The third kappa shape index (κ3) is 3.23. The number of halogens is 1. The van der Waals surface area contributed by atoms with Gasteiger partial charge in [0.1, 0.15) is 5.82 Å². The number of nitrogens with one attached hydrogen (secondary N) is 1. The van der Waals surface area contributed by atoms with Crippen LogP contribution >= 0.6 is 11.6 Å². The highest BCUT2D eigenvalue weighted by Gasteiger charge is 2.13. The Balaban J connectivity index is 1.66. The second-order valence-corrected chi connectivity index (χ2v) is 6.07. The molecule has 0 aliphatic carbocycles. The van der Waals surface area contributed by atoms with E-state index in [4.69, 9.17) is 21.1 Å². The summed E-state index contributed by atoms with van der Waals surface area (Å²) in [4.78, 5) is 9.13. The molecule has 1 aliphatic heterocycles. The Morgan fingerprint density at radius 3 is 2.88 bits per heavy atom. The Morgan fingerprint density at radius 1 is 1.12 bits per heavy atom. The highest BCUT2D eigenvalue weighted by molar-refractivity contribution is 6.31. The molecule has 0 fully saturated rings. The van der Waals surface area contributed by atoms with Crippen molar-refractivity contribution in [2.75, 3.05) is 12.1 Å². The molecule has 3 aromatic rings. The number of nitrogens with zero attached hydrogens (tertiary/aromatic N) is 2. The van der Waals surface area contributed by atoms with Gasteiger partial charge in [-0.3, -0.25) is 0 Å². The summed E-state index contributed by atoms with van der Waals surface area (Å²) in [5.41, 5.74) is 1.92. The maximum Gasteiger partial charge on any atom is 0.231 e. The number of aromatic nitrogens is 2. The van der Waals surface area contributed by atoms with E-state index in [0.29, 0.717) is 17.4 Å². The molecule has 4 rings (SSSR count). The molecule has 0 radical (unpaired) electrons. The van der Waals surface area contributed by atoms with E-state index in [1.807, 2.05) is 55.5 Å². The molecule has 25 heavy (non-hydrogen) atoms. The van der Waals surface area contributed by atoms with E-state index in [1.165, 1.54) is 0 Å². The number of hydrogen-bond acceptors (Lipinski definition) is 5.